The van der Waals surface area contributed by atoms with E-state index in [0.29, 0.717) is 31.3 Å². The summed E-state index contributed by atoms with van der Waals surface area (Å²) in [5.41, 5.74) is 0. The minimum atomic E-state index is 0.101. The largest absolute Gasteiger partial charge is 0.349 e. The van der Waals surface area contributed by atoms with E-state index in [1.165, 1.54) is 12.8 Å². The molecule has 2 bridgehead atoms. The molecule has 2 heterocycles. The lowest BCUT2D eigenvalue weighted by Crippen LogP contribution is -2.39. The van der Waals surface area contributed by atoms with Crippen molar-refractivity contribution in [3.63, 3.8) is 0 Å². The van der Waals surface area contributed by atoms with Crippen LogP contribution in [-0.4, -0.2) is 60.9 Å². The second-order valence-electron chi connectivity index (χ2n) is 5.91. The minimum absolute atomic E-state index is 0.101. The SMILES string of the molecule is CN(C)C(=O)CCCC(=O)N1CCC2CCC(C1)N2. The van der Waals surface area contributed by atoms with Gasteiger partial charge >= 0.3 is 0 Å². The highest BCUT2D eigenvalue weighted by atomic mass is 16.2. The maximum absolute atomic E-state index is 12.2. The minimum Gasteiger partial charge on any atom is -0.349 e. The van der Waals surface area contributed by atoms with Gasteiger partial charge in [0.25, 0.3) is 0 Å². The third kappa shape index (κ3) is 3.93. The Kier molecular flexibility index (Phi) is 4.80. The van der Waals surface area contributed by atoms with E-state index in [0.717, 1.165) is 19.5 Å². The summed E-state index contributed by atoms with van der Waals surface area (Å²) < 4.78 is 0. The van der Waals surface area contributed by atoms with Crippen LogP contribution in [0.3, 0.4) is 0 Å². The molecule has 2 aliphatic rings. The lowest BCUT2D eigenvalue weighted by atomic mass is 10.1. The van der Waals surface area contributed by atoms with Crippen molar-refractivity contribution in [2.45, 2.75) is 50.6 Å². The number of likely N-dealkylation sites (tertiary alicyclic amines) is 1. The monoisotopic (exact) mass is 267 g/mol. The van der Waals surface area contributed by atoms with Crippen LogP contribution in [0.5, 0.6) is 0 Å². The van der Waals surface area contributed by atoms with E-state index in [-0.39, 0.29) is 11.8 Å². The number of rotatable bonds is 4. The maximum Gasteiger partial charge on any atom is 0.222 e. The summed E-state index contributed by atoms with van der Waals surface area (Å²) in [5, 5.41) is 3.57. The molecule has 2 fully saturated rings. The van der Waals surface area contributed by atoms with Gasteiger partial charge in [0.15, 0.2) is 0 Å². The molecule has 0 aromatic rings. The Labute approximate surface area is 115 Å². The Bertz CT molecular complexity index is 344. The molecule has 2 aliphatic heterocycles. The highest BCUT2D eigenvalue weighted by Crippen LogP contribution is 2.21. The topological polar surface area (TPSA) is 52.7 Å². The Balaban J connectivity index is 1.72. The number of hydrogen-bond acceptors (Lipinski definition) is 3. The third-order valence-corrected chi connectivity index (χ3v) is 4.16. The fourth-order valence-electron chi connectivity index (χ4n) is 2.94. The number of nitrogens with one attached hydrogen (secondary N) is 1. The van der Waals surface area contributed by atoms with Crippen molar-refractivity contribution in [2.24, 2.45) is 0 Å². The van der Waals surface area contributed by atoms with Crippen LogP contribution in [0.15, 0.2) is 0 Å². The molecule has 0 aliphatic carbocycles. The zero-order chi connectivity index (χ0) is 13.8. The number of carbonyl (C=O) groups is 2. The Morgan fingerprint density at radius 2 is 1.89 bits per heavy atom. The van der Waals surface area contributed by atoms with Crippen LogP contribution in [0.4, 0.5) is 0 Å². The number of fused-ring (bicyclic) bond motifs is 2. The van der Waals surface area contributed by atoms with Gasteiger partial charge in [-0.2, -0.15) is 0 Å². The first-order valence-electron chi connectivity index (χ1n) is 7.30. The molecule has 2 unspecified atom stereocenters. The lowest BCUT2D eigenvalue weighted by Gasteiger charge is -2.24. The van der Waals surface area contributed by atoms with Crippen LogP contribution in [0, 0.1) is 0 Å². The average molecular weight is 267 g/mol. The van der Waals surface area contributed by atoms with Crippen LogP contribution < -0.4 is 5.32 Å². The number of amides is 2. The zero-order valence-electron chi connectivity index (χ0n) is 12.0. The van der Waals surface area contributed by atoms with Gasteiger partial charge in [-0.3, -0.25) is 9.59 Å². The van der Waals surface area contributed by atoms with Gasteiger partial charge in [-0.15, -0.1) is 0 Å². The van der Waals surface area contributed by atoms with E-state index in [9.17, 15) is 9.59 Å². The summed E-state index contributed by atoms with van der Waals surface area (Å²) in [5.74, 6) is 0.310. The Hall–Kier alpha value is -1.10. The molecule has 1 N–H and O–H groups in total. The standard InChI is InChI=1S/C14H25N3O2/c1-16(2)13(18)4-3-5-14(19)17-9-8-11-6-7-12(10-17)15-11/h11-12,15H,3-10H2,1-2H3. The lowest BCUT2D eigenvalue weighted by molar-refractivity contribution is -0.132. The summed E-state index contributed by atoms with van der Waals surface area (Å²) in [6, 6.07) is 1.10. The molecule has 0 radical (unpaired) electrons. The summed E-state index contributed by atoms with van der Waals surface area (Å²) in [4.78, 5) is 27.2. The van der Waals surface area contributed by atoms with Crippen LogP contribution in [0.1, 0.15) is 38.5 Å². The fourth-order valence-corrected chi connectivity index (χ4v) is 2.94. The highest BCUT2D eigenvalue weighted by Gasteiger charge is 2.30. The number of carbonyl (C=O) groups excluding carboxylic acids is 2. The fraction of sp³-hybridized carbons (Fsp3) is 0.857. The number of hydrogen-bond donors (Lipinski definition) is 1. The van der Waals surface area contributed by atoms with Gasteiger partial charge < -0.3 is 15.1 Å². The molecule has 0 aromatic carbocycles. The molecule has 2 rings (SSSR count). The van der Waals surface area contributed by atoms with Crippen molar-refractivity contribution in [3.05, 3.63) is 0 Å². The Morgan fingerprint density at radius 1 is 1.16 bits per heavy atom. The van der Waals surface area contributed by atoms with Crippen molar-refractivity contribution in [1.82, 2.24) is 15.1 Å². The van der Waals surface area contributed by atoms with Gasteiger partial charge in [0.1, 0.15) is 0 Å². The van der Waals surface area contributed by atoms with E-state index < -0.39 is 0 Å². The normalized spacial score (nSPS) is 26.1. The summed E-state index contributed by atoms with van der Waals surface area (Å²) in [7, 11) is 3.50. The van der Waals surface area contributed by atoms with E-state index in [4.69, 9.17) is 0 Å². The molecule has 2 amide bonds. The van der Waals surface area contributed by atoms with Crippen LogP contribution in [0.2, 0.25) is 0 Å². The van der Waals surface area contributed by atoms with Crippen LogP contribution >= 0.6 is 0 Å². The zero-order valence-corrected chi connectivity index (χ0v) is 12.0. The van der Waals surface area contributed by atoms with Crippen molar-refractivity contribution in [1.29, 1.82) is 0 Å². The first-order valence-corrected chi connectivity index (χ1v) is 7.30. The molecule has 0 saturated carbocycles. The molecule has 108 valence electrons. The van der Waals surface area contributed by atoms with E-state index >= 15 is 0 Å². The number of nitrogens with zero attached hydrogens (tertiary/aromatic N) is 2. The first kappa shape index (κ1) is 14.3. The van der Waals surface area contributed by atoms with E-state index in [1.807, 2.05) is 4.90 Å². The molecular formula is C14H25N3O2. The maximum atomic E-state index is 12.2. The Morgan fingerprint density at radius 3 is 2.63 bits per heavy atom. The summed E-state index contributed by atoms with van der Waals surface area (Å²) in [6.07, 6.45) is 5.14. The second kappa shape index (κ2) is 6.37. The van der Waals surface area contributed by atoms with Crippen molar-refractivity contribution >= 4 is 11.8 Å². The van der Waals surface area contributed by atoms with E-state index in [1.54, 1.807) is 19.0 Å². The molecule has 2 atom stereocenters. The van der Waals surface area contributed by atoms with Gasteiger partial charge in [0, 0.05) is 52.1 Å². The summed E-state index contributed by atoms with van der Waals surface area (Å²) >= 11 is 0. The molecule has 19 heavy (non-hydrogen) atoms. The van der Waals surface area contributed by atoms with Crippen molar-refractivity contribution < 1.29 is 9.59 Å². The van der Waals surface area contributed by atoms with Crippen molar-refractivity contribution in [2.75, 3.05) is 27.2 Å². The molecule has 0 spiro atoms. The second-order valence-corrected chi connectivity index (χ2v) is 5.91. The highest BCUT2D eigenvalue weighted by molar-refractivity contribution is 5.78. The van der Waals surface area contributed by atoms with Gasteiger partial charge in [0.2, 0.25) is 11.8 Å². The van der Waals surface area contributed by atoms with Gasteiger partial charge in [-0.1, -0.05) is 0 Å². The van der Waals surface area contributed by atoms with Gasteiger partial charge in [0.05, 0.1) is 0 Å². The van der Waals surface area contributed by atoms with Crippen LogP contribution in [0.25, 0.3) is 0 Å². The first-order chi connectivity index (χ1) is 9.06. The molecule has 5 heteroatoms. The quantitative estimate of drug-likeness (QED) is 0.811. The molecular weight excluding hydrogens is 242 g/mol. The third-order valence-electron chi connectivity index (χ3n) is 4.16. The van der Waals surface area contributed by atoms with Gasteiger partial charge in [-0.25, -0.2) is 0 Å². The predicted octanol–water partition coefficient (Wildman–Crippen LogP) is 0.598. The molecule has 0 aromatic heterocycles. The molecule has 5 nitrogen and oxygen atoms in total. The molecule has 2 saturated heterocycles. The van der Waals surface area contributed by atoms with Crippen molar-refractivity contribution in [3.8, 4) is 0 Å². The predicted molar refractivity (Wildman–Crippen MR) is 73.7 cm³/mol. The average Bonchev–Trinajstić information content (AvgIpc) is 2.68. The summed E-state index contributed by atoms with van der Waals surface area (Å²) in [6.45, 7) is 1.71. The van der Waals surface area contributed by atoms with E-state index in [2.05, 4.69) is 5.32 Å². The smallest absolute Gasteiger partial charge is 0.222 e. The van der Waals surface area contributed by atoms with Crippen LogP contribution in [-0.2, 0) is 9.59 Å². The van der Waals surface area contributed by atoms with Gasteiger partial charge in [-0.05, 0) is 25.7 Å².